The van der Waals surface area contributed by atoms with E-state index in [2.05, 4.69) is 72.1 Å². The summed E-state index contributed by atoms with van der Waals surface area (Å²) in [5.41, 5.74) is 4.34. The van der Waals surface area contributed by atoms with Gasteiger partial charge in [-0.15, -0.1) is 0 Å². The van der Waals surface area contributed by atoms with Crippen molar-refractivity contribution in [2.75, 3.05) is 0 Å². The van der Waals surface area contributed by atoms with Crippen LogP contribution < -0.4 is 9.30 Å². The minimum absolute atomic E-state index is 0.114. The first-order valence-electron chi connectivity index (χ1n) is 38.5. The Morgan fingerprint density at radius 3 is 1.77 bits per heavy atom. The Morgan fingerprint density at radius 2 is 1.07 bits per heavy atom. The predicted molar refractivity (Wildman–Crippen MR) is 357 cm³/mol. The van der Waals surface area contributed by atoms with Crippen molar-refractivity contribution in [2.45, 2.75) is 59.2 Å². The number of hydrogen-bond donors (Lipinski definition) is 0. The third-order valence-electron chi connectivity index (χ3n) is 15.4. The third-order valence-corrected chi connectivity index (χ3v) is 15.4. The Labute approximate surface area is 533 Å². The molecule has 0 aliphatic heterocycles. The fraction of sp³-hybridized carbons (Fsp3) is 0.111. The molecule has 14 rings (SSSR count). The third kappa shape index (κ3) is 10.2. The fourth-order valence-corrected chi connectivity index (χ4v) is 11.0. The Bertz CT molecular complexity index is 5920. The van der Waals surface area contributed by atoms with E-state index in [1.807, 2.05) is 95.6 Å². The molecule has 11 aromatic carbocycles. The van der Waals surface area contributed by atoms with Crippen molar-refractivity contribution < 1.29 is 38.1 Å². The first-order chi connectivity index (χ1) is 50.5. The van der Waals surface area contributed by atoms with Crippen LogP contribution >= 0.6 is 0 Å². The van der Waals surface area contributed by atoms with Crippen molar-refractivity contribution >= 4 is 32.8 Å². The number of imidazole rings is 1. The van der Waals surface area contributed by atoms with E-state index in [1.54, 1.807) is 45.5 Å². The Kier molecular flexibility index (Phi) is 8.84. The molecule has 5 nitrogen and oxygen atoms in total. The van der Waals surface area contributed by atoms with Gasteiger partial charge < -0.3 is 4.74 Å². The lowest BCUT2D eigenvalue weighted by molar-refractivity contribution is -0.571. The molecule has 0 spiro atoms. The summed E-state index contributed by atoms with van der Waals surface area (Å²) in [6.45, 7) is 9.77. The van der Waals surface area contributed by atoms with Crippen LogP contribution in [0.4, 0.5) is 0 Å². The highest BCUT2D eigenvalue weighted by Crippen LogP contribution is 2.42. The van der Waals surface area contributed by atoms with Gasteiger partial charge in [0.25, 0.3) is 6.33 Å². The Balaban J connectivity index is 1.01. The highest BCUT2D eigenvalue weighted by molar-refractivity contribution is 6.09. The molecule has 14 aromatic rings. The monoisotopic (exact) mass is 1130 g/mol. The molecule has 0 aliphatic rings. The van der Waals surface area contributed by atoms with Crippen LogP contribution in [0.1, 0.15) is 87.0 Å². The predicted octanol–water partition coefficient (Wildman–Crippen LogP) is 20.9. The molecular formula is C81H66N4O. The fourth-order valence-electron chi connectivity index (χ4n) is 11.0. The van der Waals surface area contributed by atoms with E-state index < -0.39 is 138 Å². The van der Waals surface area contributed by atoms with E-state index in [9.17, 15) is 9.60 Å². The molecule has 3 heterocycles. The SMILES string of the molecule is [2H]c1c([2H])c([2H])c(-c2cnc(-n3c4ccccc4c4ccc(Oc5cccc(-n6[c-][n+](-c7c(-c8cccc(C(C)(C)C)c8)cccc7-c7c([2H])c(-c8c([2H])c([2H])c([2H])c([2H])c8[2H])c([2H])c(-c8c([2H])c([2H])c([2H])c([2H])c8[2H])c7[2H])c7ccc(-c8ccc(C(C)(C)C)cc8)cc76)c5)cc43)cc2C([2H])([2H])[2H])c([2H])c1[2H]. The van der Waals surface area contributed by atoms with Gasteiger partial charge in [0.15, 0.2) is 0 Å². The molecule has 0 unspecified atom stereocenters. The summed E-state index contributed by atoms with van der Waals surface area (Å²) in [6.07, 6.45) is 4.90. The molecule has 0 fully saturated rings. The lowest BCUT2D eigenvalue weighted by atomic mass is 9.84. The van der Waals surface area contributed by atoms with Crippen LogP contribution in [0.15, 0.2) is 273 Å². The summed E-state index contributed by atoms with van der Waals surface area (Å²) in [5, 5.41) is 1.54. The number of benzene rings is 11. The molecule has 0 amide bonds. The molecule has 0 bridgehead atoms. The van der Waals surface area contributed by atoms with Gasteiger partial charge in [-0.05, 0) is 162 Å². The van der Waals surface area contributed by atoms with E-state index in [4.69, 9.17) is 28.9 Å². The second kappa shape index (κ2) is 21.7. The van der Waals surface area contributed by atoms with E-state index >= 15 is 0 Å². The van der Waals surface area contributed by atoms with Crippen LogP contribution in [0.5, 0.6) is 11.5 Å². The molecule has 0 saturated heterocycles. The van der Waals surface area contributed by atoms with Gasteiger partial charge in [0.1, 0.15) is 17.3 Å². The molecule has 3 aromatic heterocycles. The van der Waals surface area contributed by atoms with Gasteiger partial charge in [0.05, 0.1) is 58.1 Å². The lowest BCUT2D eigenvalue weighted by Gasteiger charge is -2.22. The Hall–Kier alpha value is -10.4. The number of hydrogen-bond acceptors (Lipinski definition) is 2. The summed E-state index contributed by atoms with van der Waals surface area (Å²) in [4.78, 5) is 4.75. The normalized spacial score (nSPS) is 15.5. The van der Waals surface area contributed by atoms with Crippen molar-refractivity contribution in [3.8, 4) is 95.5 Å². The molecule has 0 atom stereocenters. The van der Waals surface area contributed by atoms with Crippen LogP contribution in [0.25, 0.3) is 117 Å². The maximum atomic E-state index is 10.4. The Morgan fingerprint density at radius 1 is 0.453 bits per heavy atom. The van der Waals surface area contributed by atoms with E-state index in [-0.39, 0.29) is 44.5 Å². The van der Waals surface area contributed by atoms with Crippen LogP contribution in [0, 0.1) is 13.2 Å². The minimum atomic E-state index is -2.85. The number of nitrogens with zero attached hydrogens (tertiary/aromatic N) is 4. The summed E-state index contributed by atoms with van der Waals surface area (Å²) in [7, 11) is 0. The quantitative estimate of drug-likeness (QED) is 0.0956. The summed E-state index contributed by atoms with van der Waals surface area (Å²) in [5.74, 6) is 0.855. The van der Waals surface area contributed by atoms with Crippen molar-refractivity contribution in [1.29, 1.82) is 0 Å². The zero-order valence-electron chi connectivity index (χ0n) is 68.8. The summed E-state index contributed by atoms with van der Waals surface area (Å²) < 4.78 is 201. The molecule has 0 aliphatic carbocycles. The van der Waals surface area contributed by atoms with Crippen LogP contribution in [0.2, 0.25) is 0 Å². The molecular weight excluding hydrogens is 1040 g/mol. The number of rotatable bonds is 11. The van der Waals surface area contributed by atoms with Crippen molar-refractivity contribution in [1.82, 2.24) is 14.1 Å². The average Bonchev–Trinajstić information content (AvgIpc) is 1.59. The molecule has 86 heavy (non-hydrogen) atoms. The van der Waals surface area contributed by atoms with Gasteiger partial charge in [0.2, 0.25) is 0 Å². The van der Waals surface area contributed by atoms with Crippen molar-refractivity contribution in [3.63, 3.8) is 0 Å². The first kappa shape index (κ1) is 35.1. The topological polar surface area (TPSA) is 35.9 Å². The highest BCUT2D eigenvalue weighted by Gasteiger charge is 2.24. The number of fused-ring (bicyclic) bond motifs is 4. The zero-order valence-corrected chi connectivity index (χ0v) is 47.8. The van der Waals surface area contributed by atoms with E-state index in [1.165, 1.54) is 12.3 Å². The lowest BCUT2D eigenvalue weighted by Crippen LogP contribution is -2.31. The van der Waals surface area contributed by atoms with Crippen molar-refractivity contribution in [3.05, 3.63) is 296 Å². The molecule has 0 saturated carbocycles. The van der Waals surface area contributed by atoms with Gasteiger partial charge in [-0.1, -0.05) is 235 Å². The van der Waals surface area contributed by atoms with Crippen LogP contribution in [-0.2, 0) is 10.8 Å². The van der Waals surface area contributed by atoms with Crippen molar-refractivity contribution in [2.24, 2.45) is 0 Å². The smallest absolute Gasteiger partial charge is 0.269 e. The average molecular weight is 1130 g/mol. The largest absolute Gasteiger partial charge is 0.458 e. The van der Waals surface area contributed by atoms with Gasteiger partial charge in [-0.25, -0.2) is 4.98 Å². The standard InChI is InChI=1S/C81H66N4O/c1-54-44-78(82-52-73(54)58-26-15-10-16-27-58)85-74-35-18-17-32-71(74)72-42-41-68(51-76(72)85)86-67-31-20-30-66(50-67)83-53-84(75-43-38-59(49-77(75)83)57-36-39-64(40-37-57)80(2,3)4)79-69(60-28-19-29-65(48-60)81(5,6)7)33-21-34-70(79)63-46-61(55-22-11-8-12-23-55)45-62(47-63)56-24-13-9-14-25-56/h8-52H,1-7H3/i1D3,8D,9D,10D,11D,12D,13D,14D,15D,16D,22D,23D,24D,25D,26D,27D,45D,46D,47D. The number of aromatic nitrogens is 4. The van der Waals surface area contributed by atoms with Gasteiger partial charge in [0, 0.05) is 32.7 Å². The summed E-state index contributed by atoms with van der Waals surface area (Å²) >= 11 is 0. The number of para-hydroxylation sites is 2. The zero-order chi connectivity index (χ0) is 76.8. The van der Waals surface area contributed by atoms with Crippen LogP contribution in [0.3, 0.4) is 0 Å². The maximum absolute atomic E-state index is 10.4. The van der Waals surface area contributed by atoms with Gasteiger partial charge in [-0.2, -0.15) is 0 Å². The highest BCUT2D eigenvalue weighted by atomic mass is 16.5. The first-order valence-corrected chi connectivity index (χ1v) is 28.0. The van der Waals surface area contributed by atoms with Gasteiger partial charge in [-0.3, -0.25) is 13.7 Å². The number of ether oxygens (including phenoxy) is 1. The van der Waals surface area contributed by atoms with E-state index in [0.717, 1.165) is 33.0 Å². The molecule has 0 radical (unpaired) electrons. The van der Waals surface area contributed by atoms with E-state index in [0.29, 0.717) is 56.1 Å². The molecule has 5 heteroatoms. The molecule has 0 N–H and O–H groups in total. The summed E-state index contributed by atoms with van der Waals surface area (Å²) in [6, 6.07) is 35.9. The van der Waals surface area contributed by atoms with Crippen LogP contribution in [-0.4, -0.2) is 14.1 Å². The molecule has 416 valence electrons. The second-order valence-corrected chi connectivity index (χ2v) is 23.1. The second-order valence-electron chi connectivity index (χ2n) is 23.1. The number of aryl methyl sites for hydroxylation is 1. The maximum Gasteiger partial charge on any atom is 0.269 e. The minimum Gasteiger partial charge on any atom is -0.458 e. The number of pyridine rings is 1. The van der Waals surface area contributed by atoms with Gasteiger partial charge >= 0.3 is 0 Å².